The van der Waals surface area contributed by atoms with E-state index in [2.05, 4.69) is 56.9 Å². The van der Waals surface area contributed by atoms with Gasteiger partial charge in [0.25, 0.3) is 0 Å². The van der Waals surface area contributed by atoms with Crippen molar-refractivity contribution in [3.05, 3.63) is 35.4 Å². The first kappa shape index (κ1) is 15.5. The third-order valence-corrected chi connectivity index (χ3v) is 4.46. The van der Waals surface area contributed by atoms with Crippen molar-refractivity contribution < 1.29 is 0 Å². The van der Waals surface area contributed by atoms with Gasteiger partial charge in [-0.15, -0.1) is 0 Å². The van der Waals surface area contributed by atoms with Gasteiger partial charge in [0.15, 0.2) is 0 Å². The van der Waals surface area contributed by atoms with Crippen LogP contribution in [0.5, 0.6) is 0 Å². The Morgan fingerprint density at radius 2 is 1.85 bits per heavy atom. The maximum Gasteiger partial charge on any atom is 0.0473 e. The summed E-state index contributed by atoms with van der Waals surface area (Å²) in [5.74, 6) is 1.50. The summed E-state index contributed by atoms with van der Waals surface area (Å²) in [6.07, 6.45) is 2.45. The lowest BCUT2D eigenvalue weighted by Gasteiger charge is -2.31. The molecule has 0 aromatic heterocycles. The van der Waals surface area contributed by atoms with Crippen molar-refractivity contribution >= 4 is 0 Å². The Morgan fingerprint density at radius 3 is 2.30 bits per heavy atom. The molecule has 20 heavy (non-hydrogen) atoms. The van der Waals surface area contributed by atoms with E-state index in [-0.39, 0.29) is 0 Å². The van der Waals surface area contributed by atoms with E-state index in [1.807, 2.05) is 0 Å². The van der Waals surface area contributed by atoms with Crippen LogP contribution in [0.25, 0.3) is 0 Å². The van der Waals surface area contributed by atoms with Crippen LogP contribution in [0.3, 0.4) is 0 Å². The van der Waals surface area contributed by atoms with Crippen LogP contribution in [0.2, 0.25) is 0 Å². The maximum absolute atomic E-state index is 6.07. The fourth-order valence-corrected chi connectivity index (χ4v) is 3.58. The van der Waals surface area contributed by atoms with Gasteiger partial charge in [-0.1, -0.05) is 45.0 Å². The van der Waals surface area contributed by atoms with E-state index in [1.54, 1.807) is 0 Å². The van der Waals surface area contributed by atoms with E-state index in [1.165, 1.54) is 24.1 Å². The summed E-state index contributed by atoms with van der Waals surface area (Å²) in [5.41, 5.74) is 8.88. The molecule has 0 saturated carbocycles. The lowest BCUT2D eigenvalue weighted by atomic mass is 9.98. The molecule has 1 saturated heterocycles. The Morgan fingerprint density at radius 1 is 1.20 bits per heavy atom. The highest BCUT2D eigenvalue weighted by Crippen LogP contribution is 2.31. The SMILES string of the molecule is CC(C)Cc1ccc(C(CN)N2CC(C)CC2C)cc1. The molecule has 3 unspecified atom stereocenters. The molecule has 2 nitrogen and oxygen atoms in total. The lowest BCUT2D eigenvalue weighted by Crippen LogP contribution is -2.36. The molecule has 0 amide bonds. The molecule has 1 heterocycles. The average molecular weight is 274 g/mol. The van der Waals surface area contributed by atoms with Crippen molar-refractivity contribution in [1.29, 1.82) is 0 Å². The van der Waals surface area contributed by atoms with E-state index in [9.17, 15) is 0 Å². The number of rotatable bonds is 5. The van der Waals surface area contributed by atoms with Crippen molar-refractivity contribution in [2.24, 2.45) is 17.6 Å². The van der Waals surface area contributed by atoms with E-state index in [4.69, 9.17) is 5.73 Å². The van der Waals surface area contributed by atoms with E-state index in [0.29, 0.717) is 24.5 Å². The number of likely N-dealkylation sites (tertiary alicyclic amines) is 1. The van der Waals surface area contributed by atoms with Gasteiger partial charge in [-0.2, -0.15) is 0 Å². The third-order valence-electron chi connectivity index (χ3n) is 4.46. The molecule has 0 aliphatic carbocycles. The fourth-order valence-electron chi connectivity index (χ4n) is 3.58. The molecule has 1 aliphatic rings. The zero-order valence-corrected chi connectivity index (χ0v) is 13.5. The largest absolute Gasteiger partial charge is 0.329 e. The maximum atomic E-state index is 6.07. The van der Waals surface area contributed by atoms with Crippen LogP contribution in [-0.2, 0) is 6.42 Å². The Kier molecular flexibility index (Phi) is 5.22. The Labute approximate surface area is 124 Å². The monoisotopic (exact) mass is 274 g/mol. The van der Waals surface area contributed by atoms with Gasteiger partial charge in [0.2, 0.25) is 0 Å². The topological polar surface area (TPSA) is 29.3 Å². The molecule has 2 heteroatoms. The second kappa shape index (κ2) is 6.73. The Bertz CT molecular complexity index is 410. The number of hydrogen-bond donors (Lipinski definition) is 1. The number of nitrogens with two attached hydrogens (primary N) is 1. The van der Waals surface area contributed by atoms with Gasteiger partial charge in [-0.25, -0.2) is 0 Å². The normalized spacial score (nSPS) is 25.3. The minimum absolute atomic E-state index is 0.378. The zero-order valence-electron chi connectivity index (χ0n) is 13.5. The van der Waals surface area contributed by atoms with Gasteiger partial charge in [0, 0.05) is 25.2 Å². The molecule has 0 radical (unpaired) electrons. The summed E-state index contributed by atoms with van der Waals surface area (Å²) >= 11 is 0. The van der Waals surface area contributed by atoms with E-state index in [0.717, 1.165) is 12.3 Å². The van der Waals surface area contributed by atoms with Gasteiger partial charge >= 0.3 is 0 Å². The first-order valence-corrected chi connectivity index (χ1v) is 8.06. The number of hydrogen-bond acceptors (Lipinski definition) is 2. The van der Waals surface area contributed by atoms with E-state index < -0.39 is 0 Å². The highest BCUT2D eigenvalue weighted by molar-refractivity contribution is 5.26. The van der Waals surface area contributed by atoms with Crippen LogP contribution < -0.4 is 5.73 Å². The van der Waals surface area contributed by atoms with Crippen molar-refractivity contribution in [2.45, 2.75) is 52.6 Å². The summed E-state index contributed by atoms with van der Waals surface area (Å²) < 4.78 is 0. The number of nitrogens with zero attached hydrogens (tertiary/aromatic N) is 1. The molecule has 112 valence electrons. The molecule has 0 spiro atoms. The molecule has 1 fully saturated rings. The van der Waals surface area contributed by atoms with Crippen molar-refractivity contribution in [3.63, 3.8) is 0 Å². The summed E-state index contributed by atoms with van der Waals surface area (Å²) in [7, 11) is 0. The fraction of sp³-hybridized carbons (Fsp3) is 0.667. The zero-order chi connectivity index (χ0) is 14.7. The van der Waals surface area contributed by atoms with Crippen LogP contribution in [0.4, 0.5) is 0 Å². The van der Waals surface area contributed by atoms with Crippen LogP contribution in [0.1, 0.15) is 51.3 Å². The number of benzene rings is 1. The average Bonchev–Trinajstić information content (AvgIpc) is 2.71. The smallest absolute Gasteiger partial charge is 0.0473 e. The van der Waals surface area contributed by atoms with Gasteiger partial charge in [-0.3, -0.25) is 4.90 Å². The van der Waals surface area contributed by atoms with Gasteiger partial charge in [-0.05, 0) is 42.7 Å². The Balaban J connectivity index is 2.11. The summed E-state index contributed by atoms with van der Waals surface area (Å²) in [6.45, 7) is 11.1. The predicted molar refractivity (Wildman–Crippen MR) is 86.7 cm³/mol. The summed E-state index contributed by atoms with van der Waals surface area (Å²) in [6, 6.07) is 10.2. The Hall–Kier alpha value is -0.860. The highest BCUT2D eigenvalue weighted by atomic mass is 15.2. The standard InChI is InChI=1S/C18H30N2/c1-13(2)9-16-5-7-17(8-6-16)18(11-19)20-12-14(3)10-15(20)4/h5-8,13-15,18H,9-12,19H2,1-4H3. The van der Waals surface area contributed by atoms with Gasteiger partial charge in [0.05, 0.1) is 0 Å². The van der Waals surface area contributed by atoms with E-state index >= 15 is 0 Å². The minimum Gasteiger partial charge on any atom is -0.329 e. The van der Waals surface area contributed by atoms with Crippen molar-refractivity contribution in [1.82, 2.24) is 4.90 Å². The first-order valence-electron chi connectivity index (χ1n) is 8.06. The molecular weight excluding hydrogens is 244 g/mol. The summed E-state index contributed by atoms with van der Waals surface area (Å²) in [4.78, 5) is 2.59. The minimum atomic E-state index is 0.378. The second-order valence-corrected chi connectivity index (χ2v) is 6.98. The first-order chi connectivity index (χ1) is 9.51. The predicted octanol–water partition coefficient (Wildman–Crippen LogP) is 3.62. The molecule has 1 aromatic carbocycles. The molecule has 1 aliphatic heterocycles. The molecule has 3 atom stereocenters. The van der Waals surface area contributed by atoms with Crippen molar-refractivity contribution in [2.75, 3.05) is 13.1 Å². The molecular formula is C18H30N2. The highest BCUT2D eigenvalue weighted by Gasteiger charge is 2.31. The molecule has 2 rings (SSSR count). The second-order valence-electron chi connectivity index (χ2n) is 6.98. The quantitative estimate of drug-likeness (QED) is 0.888. The van der Waals surface area contributed by atoms with Crippen molar-refractivity contribution in [3.8, 4) is 0 Å². The summed E-state index contributed by atoms with van der Waals surface area (Å²) in [5, 5.41) is 0. The lowest BCUT2D eigenvalue weighted by molar-refractivity contribution is 0.192. The van der Waals surface area contributed by atoms with Crippen LogP contribution in [-0.4, -0.2) is 24.0 Å². The van der Waals surface area contributed by atoms with Gasteiger partial charge < -0.3 is 5.73 Å². The van der Waals surface area contributed by atoms with Crippen LogP contribution >= 0.6 is 0 Å². The van der Waals surface area contributed by atoms with Crippen LogP contribution in [0.15, 0.2) is 24.3 Å². The molecule has 1 aromatic rings. The van der Waals surface area contributed by atoms with Crippen LogP contribution in [0, 0.1) is 11.8 Å². The molecule has 0 bridgehead atoms. The van der Waals surface area contributed by atoms with Gasteiger partial charge in [0.1, 0.15) is 0 Å². The molecule has 2 N–H and O–H groups in total. The third kappa shape index (κ3) is 3.62.